The van der Waals surface area contributed by atoms with Gasteiger partial charge in [-0.05, 0) is 0 Å². The summed E-state index contributed by atoms with van der Waals surface area (Å²) < 4.78 is 4.93. The van der Waals surface area contributed by atoms with Gasteiger partial charge in [-0.2, -0.15) is 0 Å². The molecule has 0 radical (unpaired) electrons. The van der Waals surface area contributed by atoms with E-state index in [9.17, 15) is 0 Å². The van der Waals surface area contributed by atoms with Crippen molar-refractivity contribution in [3.8, 4) is 0 Å². The zero-order valence-electron chi connectivity index (χ0n) is 4.00. The van der Waals surface area contributed by atoms with Gasteiger partial charge in [-0.1, -0.05) is 21.6 Å². The first-order chi connectivity index (χ1) is 3.91. The fraction of sp³-hybridized carbons (Fsp3) is 1.00. The van der Waals surface area contributed by atoms with Gasteiger partial charge in [0.25, 0.3) is 0 Å². The summed E-state index contributed by atoms with van der Waals surface area (Å²) in [5.41, 5.74) is 5.19. The van der Waals surface area contributed by atoms with Crippen molar-refractivity contribution in [2.45, 2.75) is 0 Å². The fourth-order valence-corrected chi connectivity index (χ4v) is 2.37. The highest BCUT2D eigenvalue weighted by Crippen LogP contribution is 2.23. The van der Waals surface area contributed by atoms with Crippen LogP contribution in [0.15, 0.2) is 0 Å². The van der Waals surface area contributed by atoms with Crippen LogP contribution in [0.4, 0.5) is 0 Å². The topological polar surface area (TPSA) is 35.2 Å². The molecule has 0 saturated carbocycles. The average Bonchev–Trinajstić information content (AvgIpc) is 1.81. The Morgan fingerprint density at radius 3 is 2.75 bits per heavy atom. The molecule has 0 aromatic rings. The smallest absolute Gasteiger partial charge is 0.118 e. The van der Waals surface area contributed by atoms with Gasteiger partial charge in [0.2, 0.25) is 0 Å². The third-order valence-corrected chi connectivity index (χ3v) is 3.12. The molecule has 0 aromatic heterocycles. The van der Waals surface area contributed by atoms with Gasteiger partial charge in [0, 0.05) is 27.1 Å². The van der Waals surface area contributed by atoms with Crippen LogP contribution in [0.3, 0.4) is 0 Å². The van der Waals surface area contributed by atoms with Gasteiger partial charge in [0.15, 0.2) is 0 Å². The predicted molar refractivity (Wildman–Crippen MR) is 51.8 cm³/mol. The molecule has 50 valence electrons. The van der Waals surface area contributed by atoms with E-state index in [2.05, 4.69) is 21.2 Å². The number of hydrogen-bond donors (Lipinski definition) is 1. The van der Waals surface area contributed by atoms with Crippen molar-refractivity contribution in [1.29, 1.82) is 0 Å². The predicted octanol–water partition coefficient (Wildman–Crippen LogP) is 2.26. The maximum Gasteiger partial charge on any atom is 0.118 e. The first-order valence-electron chi connectivity index (χ1n) is 1.76. The number of halogens is 1. The van der Waals surface area contributed by atoms with Crippen molar-refractivity contribution >= 4 is 52.0 Å². The second-order valence-electron chi connectivity index (χ2n) is 0.701. The molecule has 0 unspecified atom stereocenters. The van der Waals surface area contributed by atoms with Crippen LogP contribution in [0, 0.1) is 0 Å². The molecule has 0 fully saturated rings. The molecule has 0 heterocycles. The molecule has 0 aromatic carbocycles. The molecule has 0 aliphatic heterocycles. The van der Waals surface area contributed by atoms with Gasteiger partial charge >= 0.3 is 0 Å². The summed E-state index contributed by atoms with van der Waals surface area (Å²) in [7, 11) is 4.57. The van der Waals surface area contributed by atoms with E-state index < -0.39 is 0 Å². The van der Waals surface area contributed by atoms with Crippen LogP contribution >= 0.6 is 52.0 Å². The minimum absolute atomic E-state index is 0.653. The van der Waals surface area contributed by atoms with Crippen molar-refractivity contribution < 1.29 is 4.18 Å². The van der Waals surface area contributed by atoms with Crippen LogP contribution in [0.1, 0.15) is 0 Å². The minimum Gasteiger partial charge on any atom is -0.321 e. The maximum atomic E-state index is 5.19. The van der Waals surface area contributed by atoms with Crippen molar-refractivity contribution in [3.05, 3.63) is 0 Å². The Morgan fingerprint density at radius 1 is 1.50 bits per heavy atom. The number of nitrogens with two attached hydrogens (primary N) is 1. The highest BCUT2D eigenvalue weighted by Gasteiger charge is 1.84. The second kappa shape index (κ2) is 8.70. The minimum atomic E-state index is 0.653. The molecule has 8 heavy (non-hydrogen) atoms. The molecule has 0 saturated heterocycles. The van der Waals surface area contributed by atoms with Crippen molar-refractivity contribution in [2.24, 2.45) is 5.73 Å². The van der Waals surface area contributed by atoms with E-state index in [1.807, 2.05) is 0 Å². The Hall–Kier alpha value is 1.70. The normalized spacial score (nSPS) is 9.75. The zero-order chi connectivity index (χ0) is 6.24. The van der Waals surface area contributed by atoms with Crippen LogP contribution in [0.25, 0.3) is 0 Å². The van der Waals surface area contributed by atoms with Gasteiger partial charge in [-0.15, -0.1) is 0 Å². The highest BCUT2D eigenvalue weighted by molar-refractivity contribution is 14.2. The summed E-state index contributed by atoms with van der Waals surface area (Å²) in [5.74, 6) is 1.36. The van der Waals surface area contributed by atoms with Crippen molar-refractivity contribution in [1.82, 2.24) is 0 Å². The third kappa shape index (κ3) is 7.70. The lowest BCUT2D eigenvalue weighted by Crippen LogP contribution is -1.89. The van der Waals surface area contributed by atoms with Crippen LogP contribution < -0.4 is 5.73 Å². The Bertz CT molecular complexity index is 42.3. The van der Waals surface area contributed by atoms with E-state index in [-0.39, 0.29) is 0 Å². The number of rotatable bonds is 5. The van der Waals surface area contributed by atoms with E-state index >= 15 is 0 Å². The molecular weight excluding hydrogens is 277 g/mol. The molecule has 0 bridgehead atoms. The molecule has 0 amide bonds. The monoisotopic (exact) mass is 283 g/mol. The van der Waals surface area contributed by atoms with E-state index in [1.165, 1.54) is 9.21 Å². The van der Waals surface area contributed by atoms with Gasteiger partial charge in [0.05, 0.1) is 9.21 Å². The summed E-state index contributed by atoms with van der Waals surface area (Å²) in [5, 5.41) is 0. The summed E-state index contributed by atoms with van der Waals surface area (Å²) in [6, 6.07) is 0. The molecule has 0 aliphatic rings. The summed E-state index contributed by atoms with van der Waals surface area (Å²) in [6.45, 7) is 0. The summed E-state index contributed by atoms with van der Waals surface area (Å²) in [6.07, 6.45) is 0. The van der Waals surface area contributed by atoms with E-state index in [4.69, 9.17) is 9.92 Å². The average molecular weight is 283 g/mol. The molecule has 0 atom stereocenters. The molecule has 0 rings (SSSR count). The Kier molecular flexibility index (Phi) is 10.5. The van der Waals surface area contributed by atoms with Crippen LogP contribution in [0.5, 0.6) is 0 Å². The quantitative estimate of drug-likeness (QED) is 0.275. The molecular formula is C2H6INOS3. The molecule has 6 heteroatoms. The van der Waals surface area contributed by atoms with Crippen molar-refractivity contribution in [2.75, 3.05) is 11.8 Å². The SMILES string of the molecule is NCSSCOSI. The Balaban J connectivity index is 2.53. The molecule has 2 N–H and O–H groups in total. The van der Waals surface area contributed by atoms with Gasteiger partial charge in [-0.3, -0.25) is 4.18 Å². The number of hydrogen-bond acceptors (Lipinski definition) is 5. The first kappa shape index (κ1) is 9.70. The highest BCUT2D eigenvalue weighted by atomic mass is 127. The molecule has 0 aliphatic carbocycles. The Morgan fingerprint density at radius 2 is 2.25 bits per heavy atom. The zero-order valence-corrected chi connectivity index (χ0v) is 8.61. The molecule has 2 nitrogen and oxygen atoms in total. The van der Waals surface area contributed by atoms with Crippen molar-refractivity contribution in [3.63, 3.8) is 0 Å². The Labute approximate surface area is 73.2 Å². The standard InChI is InChI=1S/C2H6INOS3/c3-8-5-2-7-6-1-4/h1-2,4H2. The van der Waals surface area contributed by atoms with Gasteiger partial charge in [-0.25, -0.2) is 0 Å². The third-order valence-electron chi connectivity index (χ3n) is 0.292. The maximum absolute atomic E-state index is 5.19. The van der Waals surface area contributed by atoms with E-state index in [0.29, 0.717) is 11.8 Å². The van der Waals surface area contributed by atoms with Gasteiger partial charge in [0.1, 0.15) is 5.94 Å². The van der Waals surface area contributed by atoms with Crippen LogP contribution in [-0.2, 0) is 4.18 Å². The lowest BCUT2D eigenvalue weighted by Gasteiger charge is -1.93. The van der Waals surface area contributed by atoms with E-state index in [1.54, 1.807) is 21.6 Å². The first-order valence-corrected chi connectivity index (χ1v) is 7.53. The lowest BCUT2D eigenvalue weighted by atomic mass is 11.6. The largest absolute Gasteiger partial charge is 0.321 e. The molecule has 0 spiro atoms. The summed E-state index contributed by atoms with van der Waals surface area (Å²) >= 11 is 2.08. The fourth-order valence-electron chi connectivity index (χ4n) is 0.120. The second-order valence-corrected chi connectivity index (χ2v) is 4.60. The van der Waals surface area contributed by atoms with Crippen LogP contribution in [0.2, 0.25) is 0 Å². The van der Waals surface area contributed by atoms with E-state index in [0.717, 1.165) is 0 Å². The lowest BCUT2D eigenvalue weighted by molar-refractivity contribution is 0.475. The van der Waals surface area contributed by atoms with Crippen LogP contribution in [-0.4, -0.2) is 11.8 Å². The summed E-state index contributed by atoms with van der Waals surface area (Å²) in [4.78, 5) is 0. The van der Waals surface area contributed by atoms with Gasteiger partial charge < -0.3 is 5.73 Å².